The Morgan fingerprint density at radius 3 is 2.50 bits per heavy atom. The Morgan fingerprint density at radius 2 is 1.82 bits per heavy atom. The van der Waals surface area contributed by atoms with Crippen molar-refractivity contribution >= 4 is 34.3 Å². The smallest absolute Gasteiger partial charge is 0.325 e. The van der Waals surface area contributed by atoms with Crippen LogP contribution in [0.4, 0.5) is 18.9 Å². The molecular formula is C19H13F3N4OS. The minimum atomic E-state index is -4.67. The lowest BCUT2D eigenvalue weighted by atomic mass is 10.1. The van der Waals surface area contributed by atoms with Gasteiger partial charge in [0.05, 0.1) is 23.8 Å². The fourth-order valence-corrected chi connectivity index (χ4v) is 3.23. The number of para-hydroxylation sites is 1. The fraction of sp³-hybridized carbons (Fsp3) is 0.158. The molecule has 0 atom stereocenters. The predicted molar refractivity (Wildman–Crippen MR) is 99.7 cm³/mol. The lowest BCUT2D eigenvalue weighted by Gasteiger charge is -2.10. The van der Waals surface area contributed by atoms with Crippen molar-refractivity contribution in [2.45, 2.75) is 17.6 Å². The lowest BCUT2D eigenvalue weighted by molar-refractivity contribution is -0.145. The van der Waals surface area contributed by atoms with E-state index in [0.717, 1.165) is 17.3 Å². The van der Waals surface area contributed by atoms with E-state index in [-0.39, 0.29) is 28.6 Å². The molecule has 0 spiro atoms. The van der Waals surface area contributed by atoms with Crippen molar-refractivity contribution in [3.8, 4) is 6.07 Å². The van der Waals surface area contributed by atoms with Gasteiger partial charge in [-0.05, 0) is 23.8 Å². The van der Waals surface area contributed by atoms with E-state index in [0.29, 0.717) is 11.1 Å². The van der Waals surface area contributed by atoms with Crippen LogP contribution in [-0.2, 0) is 17.4 Å². The molecule has 2 aromatic carbocycles. The van der Waals surface area contributed by atoms with Crippen molar-refractivity contribution in [3.63, 3.8) is 0 Å². The van der Waals surface area contributed by atoms with E-state index >= 15 is 0 Å². The molecule has 0 radical (unpaired) electrons. The molecule has 1 aromatic heterocycles. The van der Waals surface area contributed by atoms with Gasteiger partial charge in [-0.2, -0.15) is 18.4 Å². The van der Waals surface area contributed by atoms with Crippen LogP contribution in [0, 0.1) is 11.3 Å². The van der Waals surface area contributed by atoms with Crippen LogP contribution >= 0.6 is 11.8 Å². The number of hydrogen-bond donors (Lipinski definition) is 1. The summed E-state index contributed by atoms with van der Waals surface area (Å²) in [5, 5.41) is 11.9. The van der Waals surface area contributed by atoms with Gasteiger partial charge in [0.25, 0.3) is 0 Å². The van der Waals surface area contributed by atoms with Gasteiger partial charge in [-0.1, -0.05) is 42.1 Å². The van der Waals surface area contributed by atoms with E-state index in [2.05, 4.69) is 15.3 Å². The topological polar surface area (TPSA) is 78.7 Å². The summed E-state index contributed by atoms with van der Waals surface area (Å²) in [7, 11) is 0. The van der Waals surface area contributed by atoms with E-state index in [1.807, 2.05) is 6.07 Å². The minimum absolute atomic E-state index is 0.0949. The Hall–Kier alpha value is -3.12. The van der Waals surface area contributed by atoms with E-state index in [1.54, 1.807) is 42.5 Å². The summed E-state index contributed by atoms with van der Waals surface area (Å²) in [4.78, 5) is 19.3. The average molecular weight is 402 g/mol. The summed E-state index contributed by atoms with van der Waals surface area (Å²) in [6, 6.07) is 15.1. The molecule has 0 bridgehead atoms. The molecule has 0 saturated heterocycles. The average Bonchev–Trinajstić information content (AvgIpc) is 2.67. The number of aromatic nitrogens is 2. The third-order valence-corrected chi connectivity index (χ3v) is 4.67. The summed E-state index contributed by atoms with van der Waals surface area (Å²) in [5.74, 6) is -1.73. The van der Waals surface area contributed by atoms with Gasteiger partial charge in [-0.3, -0.25) is 4.79 Å². The summed E-state index contributed by atoms with van der Waals surface area (Å²) in [6.07, 6.45) is -4.40. The van der Waals surface area contributed by atoms with E-state index in [4.69, 9.17) is 5.26 Å². The molecule has 0 aliphatic heterocycles. The zero-order valence-corrected chi connectivity index (χ0v) is 15.1. The summed E-state index contributed by atoms with van der Waals surface area (Å²) in [6.45, 7) is 0. The molecule has 9 heteroatoms. The zero-order valence-electron chi connectivity index (χ0n) is 14.3. The molecule has 1 N–H and O–H groups in total. The number of carbonyl (C=O) groups is 1. The molecule has 0 saturated carbocycles. The molecule has 0 fully saturated rings. The second kappa shape index (κ2) is 8.27. The highest BCUT2D eigenvalue weighted by atomic mass is 32.2. The van der Waals surface area contributed by atoms with Crippen molar-refractivity contribution in [1.82, 2.24) is 9.97 Å². The Labute approximate surface area is 162 Å². The molecule has 5 nitrogen and oxygen atoms in total. The Morgan fingerprint density at radius 1 is 1.11 bits per heavy atom. The molecule has 142 valence electrons. The van der Waals surface area contributed by atoms with Crippen molar-refractivity contribution in [1.29, 1.82) is 5.26 Å². The SMILES string of the molecule is N#CCc1ccc(NC(=O)CSc2nc(C(F)(F)F)nc3ccccc23)cc1. The van der Waals surface area contributed by atoms with Crippen LogP contribution in [0.2, 0.25) is 0 Å². The molecule has 0 aliphatic rings. The molecule has 0 aliphatic carbocycles. The van der Waals surface area contributed by atoms with Gasteiger partial charge in [0.15, 0.2) is 0 Å². The first-order chi connectivity index (χ1) is 13.4. The maximum atomic E-state index is 13.0. The fourth-order valence-electron chi connectivity index (χ4n) is 2.41. The standard InChI is InChI=1S/C19H13F3N4OS/c20-19(21,22)18-25-15-4-2-1-3-14(15)17(26-18)28-11-16(27)24-13-7-5-12(6-8-13)9-10-23/h1-8H,9,11H2,(H,24,27). The predicted octanol–water partition coefficient (Wildman–Crippen LogP) is 4.45. The number of thioether (sulfide) groups is 1. The number of nitrogens with one attached hydrogen (secondary N) is 1. The monoisotopic (exact) mass is 402 g/mol. The van der Waals surface area contributed by atoms with Crippen LogP contribution in [0.15, 0.2) is 53.6 Å². The third-order valence-electron chi connectivity index (χ3n) is 3.68. The van der Waals surface area contributed by atoms with Gasteiger partial charge in [0.1, 0.15) is 5.03 Å². The number of rotatable bonds is 5. The maximum absolute atomic E-state index is 13.0. The highest BCUT2D eigenvalue weighted by Gasteiger charge is 2.35. The number of halogens is 3. The third kappa shape index (κ3) is 4.78. The molecule has 3 rings (SSSR count). The van der Waals surface area contributed by atoms with Crippen molar-refractivity contribution in [2.75, 3.05) is 11.1 Å². The van der Waals surface area contributed by atoms with Gasteiger partial charge in [0.2, 0.25) is 11.7 Å². The summed E-state index contributed by atoms with van der Waals surface area (Å²) in [5.41, 5.74) is 1.53. The minimum Gasteiger partial charge on any atom is -0.325 e. The normalized spacial score (nSPS) is 11.2. The molecule has 28 heavy (non-hydrogen) atoms. The van der Waals surface area contributed by atoms with E-state index in [9.17, 15) is 18.0 Å². The van der Waals surface area contributed by atoms with Gasteiger partial charge in [0, 0.05) is 11.1 Å². The number of hydrogen-bond acceptors (Lipinski definition) is 5. The number of carbonyl (C=O) groups excluding carboxylic acids is 1. The number of anilines is 1. The van der Waals surface area contributed by atoms with Crippen LogP contribution in [-0.4, -0.2) is 21.6 Å². The molecule has 0 unspecified atom stereocenters. The summed E-state index contributed by atoms with van der Waals surface area (Å²) >= 11 is 0.913. The number of fused-ring (bicyclic) bond motifs is 1. The van der Waals surface area contributed by atoms with Crippen LogP contribution < -0.4 is 5.32 Å². The van der Waals surface area contributed by atoms with E-state index < -0.39 is 12.0 Å². The van der Waals surface area contributed by atoms with Crippen molar-refractivity contribution < 1.29 is 18.0 Å². The van der Waals surface area contributed by atoms with Crippen molar-refractivity contribution in [3.05, 3.63) is 59.9 Å². The van der Waals surface area contributed by atoms with Gasteiger partial charge in [-0.15, -0.1) is 0 Å². The van der Waals surface area contributed by atoms with Crippen LogP contribution in [0.1, 0.15) is 11.4 Å². The quantitative estimate of drug-likeness (QED) is 0.504. The largest absolute Gasteiger partial charge is 0.451 e. The van der Waals surface area contributed by atoms with E-state index in [1.165, 1.54) is 6.07 Å². The molecule has 1 heterocycles. The Bertz CT molecular complexity index is 1050. The second-order valence-corrected chi connectivity index (χ2v) is 6.70. The maximum Gasteiger partial charge on any atom is 0.451 e. The molecule has 1 amide bonds. The number of nitriles is 1. The number of alkyl halides is 3. The highest BCUT2D eigenvalue weighted by molar-refractivity contribution is 8.00. The van der Waals surface area contributed by atoms with Crippen molar-refractivity contribution in [2.24, 2.45) is 0 Å². The van der Waals surface area contributed by atoms with Gasteiger partial charge < -0.3 is 5.32 Å². The Kier molecular flexibility index (Phi) is 5.80. The molecular weight excluding hydrogens is 389 g/mol. The number of amides is 1. The number of benzene rings is 2. The lowest BCUT2D eigenvalue weighted by Crippen LogP contribution is -2.15. The first kappa shape index (κ1) is 19.6. The summed E-state index contributed by atoms with van der Waals surface area (Å²) < 4.78 is 39.1. The van der Waals surface area contributed by atoms with Crippen LogP contribution in [0.3, 0.4) is 0 Å². The first-order valence-corrected chi connectivity index (χ1v) is 9.08. The first-order valence-electron chi connectivity index (χ1n) is 8.09. The molecule has 3 aromatic rings. The second-order valence-electron chi connectivity index (χ2n) is 5.74. The zero-order chi connectivity index (χ0) is 20.1. The highest BCUT2D eigenvalue weighted by Crippen LogP contribution is 2.32. The van der Waals surface area contributed by atoms with Gasteiger partial charge >= 0.3 is 6.18 Å². The number of nitrogens with zero attached hydrogens (tertiary/aromatic N) is 3. The van der Waals surface area contributed by atoms with Gasteiger partial charge in [-0.25, -0.2) is 9.97 Å². The van der Waals surface area contributed by atoms with Crippen LogP contribution in [0.25, 0.3) is 10.9 Å². The Balaban J connectivity index is 1.74. The van der Waals surface area contributed by atoms with Crippen LogP contribution in [0.5, 0.6) is 0 Å².